The Morgan fingerprint density at radius 2 is 1.79 bits per heavy atom. The lowest BCUT2D eigenvalue weighted by Gasteiger charge is -2.12. The average Bonchev–Trinajstić information content (AvgIpc) is 2.35. The molecule has 2 aromatic rings. The SMILES string of the molecule is Cc1cc(Cl)cc(C)c1Oc1ccc(Cl)c(CO)n1. The molecule has 5 heteroatoms. The predicted octanol–water partition coefficient (Wildman–Crippen LogP) is 4.29. The Labute approximate surface area is 121 Å². The first-order valence-corrected chi connectivity index (χ1v) is 6.47. The number of halogens is 2. The second kappa shape index (κ2) is 5.78. The lowest BCUT2D eigenvalue weighted by atomic mass is 10.1. The number of hydrogen-bond acceptors (Lipinski definition) is 3. The minimum atomic E-state index is -0.228. The molecule has 1 N–H and O–H groups in total. The Morgan fingerprint density at radius 1 is 1.16 bits per heavy atom. The van der Waals surface area contributed by atoms with Crippen molar-refractivity contribution in [1.29, 1.82) is 0 Å². The molecule has 0 radical (unpaired) electrons. The lowest BCUT2D eigenvalue weighted by molar-refractivity contribution is 0.275. The van der Waals surface area contributed by atoms with Crippen molar-refractivity contribution in [1.82, 2.24) is 4.98 Å². The van der Waals surface area contributed by atoms with E-state index in [4.69, 9.17) is 33.0 Å². The number of ether oxygens (including phenoxy) is 1. The molecule has 0 aliphatic heterocycles. The van der Waals surface area contributed by atoms with Crippen LogP contribution >= 0.6 is 23.2 Å². The quantitative estimate of drug-likeness (QED) is 0.919. The third kappa shape index (κ3) is 3.18. The largest absolute Gasteiger partial charge is 0.438 e. The van der Waals surface area contributed by atoms with E-state index in [1.165, 1.54) is 0 Å². The van der Waals surface area contributed by atoms with Crippen LogP contribution in [-0.4, -0.2) is 10.1 Å². The number of hydrogen-bond donors (Lipinski definition) is 1. The minimum Gasteiger partial charge on any atom is -0.438 e. The standard InChI is InChI=1S/C14H13Cl2NO2/c1-8-5-10(15)6-9(2)14(8)19-13-4-3-11(16)12(7-18)17-13/h3-6,18H,7H2,1-2H3. The number of nitrogens with zero attached hydrogens (tertiary/aromatic N) is 1. The Morgan fingerprint density at radius 3 is 2.37 bits per heavy atom. The molecule has 1 aromatic heterocycles. The van der Waals surface area contributed by atoms with Crippen LogP contribution in [0.2, 0.25) is 10.0 Å². The molecule has 0 aliphatic rings. The highest BCUT2D eigenvalue weighted by atomic mass is 35.5. The summed E-state index contributed by atoms with van der Waals surface area (Å²) in [6, 6.07) is 6.96. The molecule has 0 unspecified atom stereocenters. The van der Waals surface area contributed by atoms with Crippen molar-refractivity contribution in [2.24, 2.45) is 0 Å². The van der Waals surface area contributed by atoms with Crippen LogP contribution in [0.5, 0.6) is 11.6 Å². The maximum atomic E-state index is 9.13. The van der Waals surface area contributed by atoms with Gasteiger partial charge in [0.1, 0.15) is 5.75 Å². The molecule has 0 saturated carbocycles. The topological polar surface area (TPSA) is 42.4 Å². The van der Waals surface area contributed by atoms with Crippen molar-refractivity contribution in [3.63, 3.8) is 0 Å². The normalized spacial score (nSPS) is 10.6. The Bertz CT molecular complexity index is 591. The summed E-state index contributed by atoms with van der Waals surface area (Å²) in [4.78, 5) is 4.15. The molecule has 0 spiro atoms. The highest BCUT2D eigenvalue weighted by Crippen LogP contribution is 2.31. The van der Waals surface area contributed by atoms with Crippen LogP contribution in [0, 0.1) is 13.8 Å². The summed E-state index contributed by atoms with van der Waals surface area (Å²) in [5.74, 6) is 1.10. The van der Waals surface area contributed by atoms with Gasteiger partial charge in [0.15, 0.2) is 0 Å². The van der Waals surface area contributed by atoms with Gasteiger partial charge in [-0.2, -0.15) is 0 Å². The van der Waals surface area contributed by atoms with Gasteiger partial charge in [0, 0.05) is 11.1 Å². The van der Waals surface area contributed by atoms with E-state index in [2.05, 4.69) is 4.98 Å². The molecule has 0 bridgehead atoms. The number of aryl methyl sites for hydroxylation is 2. The third-order valence-corrected chi connectivity index (χ3v) is 3.24. The summed E-state index contributed by atoms with van der Waals surface area (Å²) in [6.07, 6.45) is 0. The number of aliphatic hydroxyl groups excluding tert-OH is 1. The molecule has 19 heavy (non-hydrogen) atoms. The van der Waals surface area contributed by atoms with E-state index in [-0.39, 0.29) is 6.61 Å². The van der Waals surface area contributed by atoms with Gasteiger partial charge in [-0.1, -0.05) is 23.2 Å². The zero-order valence-corrected chi connectivity index (χ0v) is 12.1. The Kier molecular flexibility index (Phi) is 4.30. The summed E-state index contributed by atoms with van der Waals surface area (Å²) in [5.41, 5.74) is 2.24. The fourth-order valence-corrected chi connectivity index (χ4v) is 2.29. The first kappa shape index (κ1) is 14.1. The van der Waals surface area contributed by atoms with Crippen LogP contribution in [0.25, 0.3) is 0 Å². The van der Waals surface area contributed by atoms with Crippen molar-refractivity contribution in [3.05, 3.63) is 51.1 Å². The Balaban J connectivity index is 2.36. The molecule has 3 nitrogen and oxygen atoms in total. The van der Waals surface area contributed by atoms with E-state index in [1.54, 1.807) is 12.1 Å². The monoisotopic (exact) mass is 297 g/mol. The van der Waals surface area contributed by atoms with Crippen LogP contribution < -0.4 is 4.74 Å². The van der Waals surface area contributed by atoms with Gasteiger partial charge >= 0.3 is 0 Å². The molecule has 0 aliphatic carbocycles. The van der Waals surface area contributed by atoms with Crippen LogP contribution in [-0.2, 0) is 6.61 Å². The van der Waals surface area contributed by atoms with E-state index in [0.29, 0.717) is 27.4 Å². The zero-order valence-electron chi connectivity index (χ0n) is 10.6. The van der Waals surface area contributed by atoms with Gasteiger partial charge in [-0.3, -0.25) is 0 Å². The van der Waals surface area contributed by atoms with Crippen LogP contribution in [0.3, 0.4) is 0 Å². The highest BCUT2D eigenvalue weighted by molar-refractivity contribution is 6.31. The maximum Gasteiger partial charge on any atom is 0.219 e. The second-order valence-electron chi connectivity index (χ2n) is 4.21. The van der Waals surface area contributed by atoms with E-state index in [9.17, 15) is 0 Å². The molecule has 0 saturated heterocycles. The predicted molar refractivity (Wildman–Crippen MR) is 76.2 cm³/mol. The number of pyridine rings is 1. The van der Waals surface area contributed by atoms with E-state index < -0.39 is 0 Å². The third-order valence-electron chi connectivity index (χ3n) is 2.67. The van der Waals surface area contributed by atoms with Crippen molar-refractivity contribution in [3.8, 4) is 11.6 Å². The van der Waals surface area contributed by atoms with Gasteiger partial charge in [-0.25, -0.2) is 4.98 Å². The fraction of sp³-hybridized carbons (Fsp3) is 0.214. The van der Waals surface area contributed by atoms with Gasteiger partial charge < -0.3 is 9.84 Å². The van der Waals surface area contributed by atoms with Crippen molar-refractivity contribution in [2.75, 3.05) is 0 Å². The first-order chi connectivity index (χ1) is 9.01. The molecule has 0 atom stereocenters. The van der Waals surface area contributed by atoms with Gasteiger partial charge in [0.25, 0.3) is 0 Å². The van der Waals surface area contributed by atoms with E-state index in [1.807, 2.05) is 26.0 Å². The minimum absolute atomic E-state index is 0.228. The van der Waals surface area contributed by atoms with Gasteiger partial charge in [-0.05, 0) is 43.2 Å². The molecule has 1 aromatic carbocycles. The molecular formula is C14H13Cl2NO2. The zero-order chi connectivity index (χ0) is 14.0. The van der Waals surface area contributed by atoms with E-state index in [0.717, 1.165) is 11.1 Å². The number of aliphatic hydroxyl groups is 1. The van der Waals surface area contributed by atoms with Gasteiger partial charge in [0.05, 0.1) is 17.3 Å². The van der Waals surface area contributed by atoms with Gasteiger partial charge in [-0.15, -0.1) is 0 Å². The van der Waals surface area contributed by atoms with Crippen molar-refractivity contribution < 1.29 is 9.84 Å². The lowest BCUT2D eigenvalue weighted by Crippen LogP contribution is -1.97. The molecule has 0 fully saturated rings. The summed E-state index contributed by atoms with van der Waals surface area (Å²) in [7, 11) is 0. The smallest absolute Gasteiger partial charge is 0.219 e. The summed E-state index contributed by atoms with van der Waals surface area (Å²) >= 11 is 11.9. The summed E-state index contributed by atoms with van der Waals surface area (Å²) in [6.45, 7) is 3.60. The number of rotatable bonds is 3. The molecular weight excluding hydrogens is 285 g/mol. The number of aromatic nitrogens is 1. The molecule has 100 valence electrons. The van der Waals surface area contributed by atoms with Crippen molar-refractivity contribution >= 4 is 23.2 Å². The summed E-state index contributed by atoms with van der Waals surface area (Å²) < 4.78 is 5.75. The first-order valence-electron chi connectivity index (χ1n) is 5.72. The maximum absolute atomic E-state index is 9.13. The molecule has 0 amide bonds. The van der Waals surface area contributed by atoms with Crippen LogP contribution in [0.4, 0.5) is 0 Å². The van der Waals surface area contributed by atoms with Crippen LogP contribution in [0.15, 0.2) is 24.3 Å². The second-order valence-corrected chi connectivity index (χ2v) is 5.05. The van der Waals surface area contributed by atoms with E-state index >= 15 is 0 Å². The fourth-order valence-electron chi connectivity index (χ4n) is 1.80. The number of benzene rings is 1. The Hall–Kier alpha value is -1.29. The average molecular weight is 298 g/mol. The highest BCUT2D eigenvalue weighted by Gasteiger charge is 2.09. The summed E-state index contributed by atoms with van der Waals surface area (Å²) in [5, 5.41) is 10.2. The van der Waals surface area contributed by atoms with Crippen LogP contribution in [0.1, 0.15) is 16.8 Å². The van der Waals surface area contributed by atoms with Gasteiger partial charge in [0.2, 0.25) is 5.88 Å². The molecule has 2 rings (SSSR count). The molecule has 1 heterocycles. The van der Waals surface area contributed by atoms with Crippen molar-refractivity contribution in [2.45, 2.75) is 20.5 Å².